The van der Waals surface area contributed by atoms with Crippen LogP contribution >= 0.6 is 23.2 Å². The number of halogens is 4. The van der Waals surface area contributed by atoms with Gasteiger partial charge in [-0.2, -0.15) is 8.78 Å². The molecule has 0 aliphatic carbocycles. The van der Waals surface area contributed by atoms with Crippen LogP contribution in [0.15, 0.2) is 30.6 Å². The zero-order chi connectivity index (χ0) is 20.0. The van der Waals surface area contributed by atoms with Gasteiger partial charge in [-0.3, -0.25) is 9.78 Å². The number of nitrogens with zero attached hydrogens (tertiary/aromatic N) is 1. The number of anilines is 1. The highest BCUT2D eigenvalue weighted by Crippen LogP contribution is 2.32. The number of methoxy groups -OCH3 is 1. The summed E-state index contributed by atoms with van der Waals surface area (Å²) in [6.07, 6.45) is 2.19. The smallest absolute Gasteiger partial charge is 0.387 e. The molecule has 1 atom stereocenters. The minimum atomic E-state index is -3.04. The lowest BCUT2D eigenvalue weighted by atomic mass is 10.2. The van der Waals surface area contributed by atoms with E-state index in [0.29, 0.717) is 0 Å². The summed E-state index contributed by atoms with van der Waals surface area (Å²) in [4.78, 5) is 16.3. The Balaban J connectivity index is 2.29. The molecular formula is C17H16Cl2F2N2O4. The first-order valence-electron chi connectivity index (χ1n) is 7.66. The first-order valence-corrected chi connectivity index (χ1v) is 8.42. The topological polar surface area (TPSA) is 69.7 Å². The fourth-order valence-corrected chi connectivity index (χ4v) is 2.60. The van der Waals surface area contributed by atoms with E-state index in [0.717, 1.165) is 0 Å². The lowest BCUT2D eigenvalue weighted by Crippen LogP contribution is -2.19. The Kier molecular flexibility index (Phi) is 7.58. The highest BCUT2D eigenvalue weighted by molar-refractivity contribution is 6.39. The van der Waals surface area contributed by atoms with Gasteiger partial charge in [-0.25, -0.2) is 0 Å². The third kappa shape index (κ3) is 5.92. The van der Waals surface area contributed by atoms with Crippen LogP contribution in [0.5, 0.6) is 11.5 Å². The molecule has 1 aromatic carbocycles. The molecule has 1 amide bonds. The van der Waals surface area contributed by atoms with Crippen LogP contribution in [0.3, 0.4) is 0 Å². The molecule has 0 aliphatic heterocycles. The Labute approximate surface area is 164 Å². The molecule has 146 valence electrons. The summed E-state index contributed by atoms with van der Waals surface area (Å²) in [5.74, 6) is -0.804. The molecular weight excluding hydrogens is 405 g/mol. The molecule has 6 nitrogen and oxygen atoms in total. The van der Waals surface area contributed by atoms with Gasteiger partial charge in [0.2, 0.25) is 0 Å². The third-order valence-electron chi connectivity index (χ3n) is 3.24. The van der Waals surface area contributed by atoms with E-state index < -0.39 is 18.6 Å². The van der Waals surface area contributed by atoms with E-state index in [1.165, 1.54) is 37.7 Å². The van der Waals surface area contributed by atoms with Crippen molar-refractivity contribution in [2.45, 2.75) is 19.6 Å². The number of amides is 1. The molecule has 1 heterocycles. The average Bonchev–Trinajstić information content (AvgIpc) is 2.59. The van der Waals surface area contributed by atoms with Crippen molar-refractivity contribution < 1.29 is 27.8 Å². The summed E-state index contributed by atoms with van der Waals surface area (Å²) in [5, 5.41) is 2.85. The predicted octanol–water partition coefficient (Wildman–Crippen LogP) is 4.66. The molecule has 1 unspecified atom stereocenters. The molecule has 1 aromatic heterocycles. The van der Waals surface area contributed by atoms with Crippen LogP contribution in [-0.2, 0) is 4.74 Å². The minimum absolute atomic E-state index is 0.0283. The average molecular weight is 421 g/mol. The molecule has 0 saturated heterocycles. The Morgan fingerprint density at radius 3 is 2.44 bits per heavy atom. The Morgan fingerprint density at radius 1 is 1.19 bits per heavy atom. The molecule has 0 spiro atoms. The van der Waals surface area contributed by atoms with Crippen LogP contribution in [0, 0.1) is 0 Å². The molecule has 0 fully saturated rings. The van der Waals surface area contributed by atoms with Gasteiger partial charge in [0.1, 0.15) is 6.10 Å². The molecule has 0 bridgehead atoms. The molecule has 2 rings (SSSR count). The Bertz CT molecular complexity index is 788. The van der Waals surface area contributed by atoms with Gasteiger partial charge in [0, 0.05) is 25.1 Å². The van der Waals surface area contributed by atoms with Gasteiger partial charge in [0.25, 0.3) is 5.91 Å². The second-order valence-corrected chi connectivity index (χ2v) is 6.17. The largest absolute Gasteiger partial charge is 0.484 e. The fourth-order valence-electron chi connectivity index (χ4n) is 2.14. The number of nitrogens with one attached hydrogen (secondary N) is 1. The van der Waals surface area contributed by atoms with Crippen molar-refractivity contribution in [2.24, 2.45) is 0 Å². The molecule has 0 radical (unpaired) electrons. The maximum Gasteiger partial charge on any atom is 0.387 e. The lowest BCUT2D eigenvalue weighted by molar-refractivity contribution is -0.0524. The molecule has 27 heavy (non-hydrogen) atoms. The predicted molar refractivity (Wildman–Crippen MR) is 97.3 cm³/mol. The molecule has 1 N–H and O–H groups in total. The van der Waals surface area contributed by atoms with Gasteiger partial charge >= 0.3 is 6.61 Å². The Morgan fingerprint density at radius 2 is 1.85 bits per heavy atom. The maximum atomic E-state index is 12.6. The second-order valence-electron chi connectivity index (χ2n) is 5.36. The number of alkyl halides is 2. The van der Waals surface area contributed by atoms with E-state index in [2.05, 4.69) is 15.0 Å². The molecule has 0 saturated carbocycles. The highest BCUT2D eigenvalue weighted by atomic mass is 35.5. The van der Waals surface area contributed by atoms with E-state index in [1.807, 2.05) is 0 Å². The van der Waals surface area contributed by atoms with Crippen LogP contribution in [0.1, 0.15) is 17.3 Å². The maximum absolute atomic E-state index is 12.6. The number of carbonyl (C=O) groups excluding carboxylic acids is 1. The summed E-state index contributed by atoms with van der Waals surface area (Å²) in [7, 11) is 1.47. The fraction of sp³-hybridized carbons (Fsp3) is 0.294. The van der Waals surface area contributed by atoms with Crippen LogP contribution in [-0.4, -0.2) is 37.3 Å². The minimum Gasteiger partial charge on any atom is -0.484 e. The number of carbonyl (C=O) groups is 1. The summed E-state index contributed by atoms with van der Waals surface area (Å²) < 4.78 is 40.1. The van der Waals surface area contributed by atoms with Crippen LogP contribution in [0.4, 0.5) is 14.5 Å². The van der Waals surface area contributed by atoms with Gasteiger partial charge in [0.05, 0.1) is 22.3 Å². The standard InChI is InChI=1S/C17H16Cl2F2N2O4/c1-9(8-25-2)26-14-5-10(3-4-13(14)27-17(20)21)16(24)23-15-11(18)6-22-7-12(15)19/h3-7,9,17H,8H2,1-2H3,(H,22,23,24). The summed E-state index contributed by atoms with van der Waals surface area (Å²) in [6.45, 7) is -1.15. The van der Waals surface area contributed by atoms with Gasteiger partial charge in [-0.1, -0.05) is 23.2 Å². The molecule has 2 aromatic rings. The van der Waals surface area contributed by atoms with Crippen molar-refractivity contribution in [3.05, 3.63) is 46.2 Å². The zero-order valence-corrected chi connectivity index (χ0v) is 15.9. The zero-order valence-electron chi connectivity index (χ0n) is 14.3. The summed E-state index contributed by atoms with van der Waals surface area (Å²) >= 11 is 11.9. The first-order chi connectivity index (χ1) is 12.8. The van der Waals surface area contributed by atoms with E-state index in [1.54, 1.807) is 6.92 Å². The van der Waals surface area contributed by atoms with E-state index in [4.69, 9.17) is 32.7 Å². The molecule has 10 heteroatoms. The van der Waals surface area contributed by atoms with E-state index in [9.17, 15) is 13.6 Å². The lowest BCUT2D eigenvalue weighted by Gasteiger charge is -2.18. The van der Waals surface area contributed by atoms with Gasteiger partial charge in [0.15, 0.2) is 11.5 Å². The van der Waals surface area contributed by atoms with Crippen molar-refractivity contribution in [1.82, 2.24) is 4.98 Å². The number of benzene rings is 1. The quantitative estimate of drug-likeness (QED) is 0.672. The number of pyridine rings is 1. The number of aromatic nitrogens is 1. The number of hydrogen-bond acceptors (Lipinski definition) is 5. The van der Waals surface area contributed by atoms with Crippen molar-refractivity contribution >= 4 is 34.8 Å². The van der Waals surface area contributed by atoms with Crippen molar-refractivity contribution in [3.8, 4) is 11.5 Å². The SMILES string of the molecule is COCC(C)Oc1cc(C(=O)Nc2c(Cl)cncc2Cl)ccc1OC(F)F. The van der Waals surface area contributed by atoms with Crippen LogP contribution in [0.25, 0.3) is 0 Å². The van der Waals surface area contributed by atoms with Crippen molar-refractivity contribution in [2.75, 3.05) is 19.0 Å². The van der Waals surface area contributed by atoms with E-state index in [-0.39, 0.29) is 39.4 Å². The number of ether oxygens (including phenoxy) is 3. The van der Waals surface area contributed by atoms with Gasteiger partial charge in [-0.15, -0.1) is 0 Å². The van der Waals surface area contributed by atoms with Gasteiger partial charge in [-0.05, 0) is 25.1 Å². The summed E-state index contributed by atoms with van der Waals surface area (Å²) in [6, 6.07) is 3.80. The first kappa shape index (κ1) is 21.1. The second kappa shape index (κ2) is 9.68. The van der Waals surface area contributed by atoms with Crippen LogP contribution in [0.2, 0.25) is 10.0 Å². The van der Waals surface area contributed by atoms with Gasteiger partial charge < -0.3 is 19.5 Å². The number of hydrogen-bond donors (Lipinski definition) is 1. The van der Waals surface area contributed by atoms with Crippen LogP contribution < -0.4 is 14.8 Å². The van der Waals surface area contributed by atoms with Crippen molar-refractivity contribution in [3.63, 3.8) is 0 Å². The highest BCUT2D eigenvalue weighted by Gasteiger charge is 2.18. The molecule has 0 aliphatic rings. The monoisotopic (exact) mass is 420 g/mol. The normalized spacial score (nSPS) is 12.0. The van der Waals surface area contributed by atoms with Crippen molar-refractivity contribution in [1.29, 1.82) is 0 Å². The Hall–Kier alpha value is -2.16. The third-order valence-corrected chi connectivity index (χ3v) is 3.82. The summed E-state index contributed by atoms with van der Waals surface area (Å²) in [5.41, 5.74) is 0.307. The number of rotatable bonds is 8. The van der Waals surface area contributed by atoms with E-state index >= 15 is 0 Å².